The van der Waals surface area contributed by atoms with Crippen LogP contribution in [-0.4, -0.2) is 29.4 Å². The van der Waals surface area contributed by atoms with E-state index >= 15 is 0 Å². The van der Waals surface area contributed by atoms with Gasteiger partial charge in [-0.25, -0.2) is 0 Å². The average molecular weight is 268 g/mol. The SMILES string of the molecule is OCCNCCCn1c2ccccc2c2ccccc21. The molecule has 20 heavy (non-hydrogen) atoms. The number of aryl methyl sites for hydroxylation is 1. The lowest BCUT2D eigenvalue weighted by atomic mass is 10.2. The van der Waals surface area contributed by atoms with Crippen molar-refractivity contribution >= 4 is 21.8 Å². The molecule has 0 saturated heterocycles. The van der Waals surface area contributed by atoms with Gasteiger partial charge in [0.25, 0.3) is 0 Å². The van der Waals surface area contributed by atoms with E-state index in [4.69, 9.17) is 5.11 Å². The maximum atomic E-state index is 8.76. The number of benzene rings is 2. The van der Waals surface area contributed by atoms with Gasteiger partial charge in [-0.3, -0.25) is 0 Å². The van der Waals surface area contributed by atoms with Crippen LogP contribution >= 0.6 is 0 Å². The van der Waals surface area contributed by atoms with Crippen molar-refractivity contribution in [1.82, 2.24) is 9.88 Å². The molecule has 3 rings (SSSR count). The number of fused-ring (bicyclic) bond motifs is 3. The summed E-state index contributed by atoms with van der Waals surface area (Å²) in [5.74, 6) is 0. The van der Waals surface area contributed by atoms with Crippen LogP contribution in [0.2, 0.25) is 0 Å². The molecule has 1 aromatic heterocycles. The standard InChI is InChI=1S/C17H20N2O/c20-13-11-18-10-5-12-19-16-8-3-1-6-14(16)15-7-2-4-9-17(15)19/h1-4,6-9,18,20H,5,10-13H2. The summed E-state index contributed by atoms with van der Waals surface area (Å²) in [5, 5.41) is 14.6. The Morgan fingerprint density at radius 3 is 2.05 bits per heavy atom. The third-order valence-electron chi connectivity index (χ3n) is 3.70. The Morgan fingerprint density at radius 2 is 1.45 bits per heavy atom. The van der Waals surface area contributed by atoms with Gasteiger partial charge in [0.05, 0.1) is 6.61 Å². The van der Waals surface area contributed by atoms with Gasteiger partial charge >= 0.3 is 0 Å². The highest BCUT2D eigenvalue weighted by Gasteiger charge is 2.08. The monoisotopic (exact) mass is 268 g/mol. The molecule has 104 valence electrons. The normalized spacial score (nSPS) is 11.4. The first-order chi connectivity index (χ1) is 9.92. The van der Waals surface area contributed by atoms with Crippen LogP contribution in [0.3, 0.4) is 0 Å². The van der Waals surface area contributed by atoms with Gasteiger partial charge in [-0.15, -0.1) is 0 Å². The van der Waals surface area contributed by atoms with Gasteiger partial charge in [-0.05, 0) is 25.1 Å². The molecule has 3 nitrogen and oxygen atoms in total. The van der Waals surface area contributed by atoms with Gasteiger partial charge in [0.1, 0.15) is 0 Å². The number of para-hydroxylation sites is 2. The van der Waals surface area contributed by atoms with Gasteiger partial charge in [0, 0.05) is 34.9 Å². The maximum absolute atomic E-state index is 8.76. The lowest BCUT2D eigenvalue weighted by Gasteiger charge is -2.08. The number of rotatable bonds is 6. The molecule has 2 aromatic carbocycles. The van der Waals surface area contributed by atoms with Crippen LogP contribution in [0, 0.1) is 0 Å². The zero-order valence-corrected chi connectivity index (χ0v) is 11.5. The molecule has 0 aliphatic rings. The first-order valence-electron chi connectivity index (χ1n) is 7.19. The molecule has 1 heterocycles. The Hall–Kier alpha value is -1.84. The first-order valence-corrected chi connectivity index (χ1v) is 7.19. The van der Waals surface area contributed by atoms with E-state index in [-0.39, 0.29) is 6.61 Å². The Kier molecular flexibility index (Phi) is 4.00. The fourth-order valence-electron chi connectivity index (χ4n) is 2.81. The predicted molar refractivity (Wildman–Crippen MR) is 84.0 cm³/mol. The third-order valence-corrected chi connectivity index (χ3v) is 3.70. The number of aliphatic hydroxyl groups is 1. The quantitative estimate of drug-likeness (QED) is 0.675. The summed E-state index contributed by atoms with van der Waals surface area (Å²) in [6.45, 7) is 2.80. The van der Waals surface area contributed by atoms with E-state index in [1.807, 2.05) is 0 Å². The molecule has 0 aliphatic heterocycles. The number of hydrogen-bond donors (Lipinski definition) is 2. The highest BCUT2D eigenvalue weighted by atomic mass is 16.3. The number of aromatic nitrogens is 1. The number of hydrogen-bond acceptors (Lipinski definition) is 2. The third kappa shape index (κ3) is 2.42. The van der Waals surface area contributed by atoms with Crippen LogP contribution in [0.5, 0.6) is 0 Å². The Bertz CT molecular complexity index is 649. The molecule has 2 N–H and O–H groups in total. The van der Waals surface area contributed by atoms with Crippen molar-refractivity contribution in [3.05, 3.63) is 48.5 Å². The van der Waals surface area contributed by atoms with Crippen molar-refractivity contribution in [3.63, 3.8) is 0 Å². The molecular weight excluding hydrogens is 248 g/mol. The lowest BCUT2D eigenvalue weighted by molar-refractivity contribution is 0.292. The summed E-state index contributed by atoms with van der Waals surface area (Å²) in [4.78, 5) is 0. The second-order valence-corrected chi connectivity index (χ2v) is 5.01. The van der Waals surface area contributed by atoms with E-state index in [9.17, 15) is 0 Å². The predicted octanol–water partition coefficient (Wildman–Crippen LogP) is 2.77. The zero-order chi connectivity index (χ0) is 13.8. The van der Waals surface area contributed by atoms with Crippen molar-refractivity contribution in [2.45, 2.75) is 13.0 Å². The number of nitrogens with zero attached hydrogens (tertiary/aromatic N) is 1. The Balaban J connectivity index is 1.91. The van der Waals surface area contributed by atoms with Crippen molar-refractivity contribution in [2.75, 3.05) is 19.7 Å². The van der Waals surface area contributed by atoms with E-state index in [0.29, 0.717) is 6.54 Å². The van der Waals surface area contributed by atoms with E-state index < -0.39 is 0 Å². The summed E-state index contributed by atoms with van der Waals surface area (Å²) in [7, 11) is 0. The molecule has 3 heteroatoms. The second kappa shape index (κ2) is 6.07. The molecule has 0 saturated carbocycles. The van der Waals surface area contributed by atoms with Gasteiger partial charge in [-0.1, -0.05) is 36.4 Å². The van der Waals surface area contributed by atoms with Crippen LogP contribution in [0.1, 0.15) is 6.42 Å². The smallest absolute Gasteiger partial charge is 0.0555 e. The van der Waals surface area contributed by atoms with E-state index in [1.54, 1.807) is 0 Å². The van der Waals surface area contributed by atoms with Crippen molar-refractivity contribution in [1.29, 1.82) is 0 Å². The van der Waals surface area contributed by atoms with Gasteiger partial charge in [-0.2, -0.15) is 0 Å². The number of aliphatic hydroxyl groups excluding tert-OH is 1. The maximum Gasteiger partial charge on any atom is 0.0555 e. The molecule has 0 fully saturated rings. The molecule has 0 atom stereocenters. The van der Waals surface area contributed by atoms with Crippen LogP contribution in [0.15, 0.2) is 48.5 Å². The van der Waals surface area contributed by atoms with Crippen molar-refractivity contribution < 1.29 is 5.11 Å². The van der Waals surface area contributed by atoms with Crippen molar-refractivity contribution in [2.24, 2.45) is 0 Å². The summed E-state index contributed by atoms with van der Waals surface area (Å²) < 4.78 is 2.39. The fourth-order valence-corrected chi connectivity index (χ4v) is 2.81. The van der Waals surface area contributed by atoms with Crippen molar-refractivity contribution in [3.8, 4) is 0 Å². The lowest BCUT2D eigenvalue weighted by Crippen LogP contribution is -2.20. The van der Waals surface area contributed by atoms with E-state index in [0.717, 1.165) is 19.5 Å². The topological polar surface area (TPSA) is 37.2 Å². The summed E-state index contributed by atoms with van der Waals surface area (Å²) >= 11 is 0. The molecule has 0 aliphatic carbocycles. The summed E-state index contributed by atoms with van der Waals surface area (Å²) in [6.07, 6.45) is 1.06. The zero-order valence-electron chi connectivity index (χ0n) is 11.5. The Morgan fingerprint density at radius 1 is 0.850 bits per heavy atom. The average Bonchev–Trinajstić information content (AvgIpc) is 2.82. The molecule has 0 spiro atoms. The molecule has 0 radical (unpaired) electrons. The van der Waals surface area contributed by atoms with E-state index in [2.05, 4.69) is 58.4 Å². The van der Waals surface area contributed by atoms with Crippen LogP contribution in [0.25, 0.3) is 21.8 Å². The minimum absolute atomic E-state index is 0.204. The molecule has 0 amide bonds. The van der Waals surface area contributed by atoms with Gasteiger partial charge in [0.2, 0.25) is 0 Å². The summed E-state index contributed by atoms with van der Waals surface area (Å²) in [6, 6.07) is 17.2. The van der Waals surface area contributed by atoms with Crippen LogP contribution in [0.4, 0.5) is 0 Å². The molecule has 0 unspecified atom stereocenters. The van der Waals surface area contributed by atoms with Crippen LogP contribution in [-0.2, 0) is 6.54 Å². The largest absolute Gasteiger partial charge is 0.395 e. The van der Waals surface area contributed by atoms with Gasteiger partial charge < -0.3 is 15.0 Å². The highest BCUT2D eigenvalue weighted by molar-refractivity contribution is 6.07. The summed E-state index contributed by atoms with van der Waals surface area (Å²) in [5.41, 5.74) is 2.60. The minimum atomic E-state index is 0.204. The Labute approximate surface area is 118 Å². The fraction of sp³-hybridized carbons (Fsp3) is 0.294. The van der Waals surface area contributed by atoms with Crippen LogP contribution < -0.4 is 5.32 Å². The van der Waals surface area contributed by atoms with E-state index in [1.165, 1.54) is 21.8 Å². The molecule has 3 aromatic rings. The molecule has 0 bridgehead atoms. The van der Waals surface area contributed by atoms with Gasteiger partial charge in [0.15, 0.2) is 0 Å². The highest BCUT2D eigenvalue weighted by Crippen LogP contribution is 2.28. The first kappa shape index (κ1) is 13.2. The minimum Gasteiger partial charge on any atom is -0.395 e. The molecular formula is C17H20N2O. The second-order valence-electron chi connectivity index (χ2n) is 5.01. The number of nitrogens with one attached hydrogen (secondary N) is 1.